The number of rotatable bonds is 1. The Labute approximate surface area is 82.8 Å². The first-order chi connectivity index (χ1) is 7.00. The Morgan fingerprint density at radius 3 is 2.60 bits per heavy atom. The molecule has 0 aromatic carbocycles. The molecule has 2 aromatic heterocycles. The van der Waals surface area contributed by atoms with Crippen LogP contribution in [0.4, 0.5) is 13.2 Å². The molecule has 0 aliphatic heterocycles. The Kier molecular flexibility index (Phi) is 2.15. The van der Waals surface area contributed by atoms with Crippen molar-refractivity contribution in [1.29, 1.82) is 0 Å². The highest BCUT2D eigenvalue weighted by Crippen LogP contribution is 2.29. The van der Waals surface area contributed by atoms with E-state index in [4.69, 9.17) is 5.11 Å². The minimum Gasteiger partial charge on any atom is -0.390 e. The van der Waals surface area contributed by atoms with Crippen LogP contribution in [0.1, 0.15) is 11.3 Å². The van der Waals surface area contributed by atoms with Crippen molar-refractivity contribution in [2.24, 2.45) is 0 Å². The van der Waals surface area contributed by atoms with Gasteiger partial charge in [-0.1, -0.05) is 0 Å². The molecule has 0 radical (unpaired) electrons. The summed E-state index contributed by atoms with van der Waals surface area (Å²) in [6.07, 6.45) is -2.05. The molecular weight excluding hydrogens is 209 g/mol. The third kappa shape index (κ3) is 1.80. The van der Waals surface area contributed by atoms with Gasteiger partial charge in [0, 0.05) is 12.4 Å². The van der Waals surface area contributed by atoms with Crippen molar-refractivity contribution in [3.05, 3.63) is 35.8 Å². The number of hydrogen-bond donors (Lipinski definition) is 1. The van der Waals surface area contributed by atoms with E-state index in [-0.39, 0.29) is 6.61 Å². The van der Waals surface area contributed by atoms with E-state index in [0.29, 0.717) is 11.3 Å². The number of aromatic nitrogens is 2. The number of hydrogen-bond acceptors (Lipinski definition) is 2. The van der Waals surface area contributed by atoms with Crippen LogP contribution in [-0.4, -0.2) is 14.5 Å². The number of imidazole rings is 1. The lowest BCUT2D eigenvalue weighted by Crippen LogP contribution is -2.05. The normalized spacial score (nSPS) is 12.3. The number of halogens is 3. The van der Waals surface area contributed by atoms with Gasteiger partial charge in [-0.3, -0.25) is 0 Å². The Balaban J connectivity index is 2.55. The predicted molar refractivity (Wildman–Crippen MR) is 46.1 cm³/mol. The van der Waals surface area contributed by atoms with E-state index in [0.717, 1.165) is 12.3 Å². The fourth-order valence-electron chi connectivity index (χ4n) is 1.29. The summed E-state index contributed by atoms with van der Waals surface area (Å²) in [4.78, 5) is 3.90. The zero-order valence-corrected chi connectivity index (χ0v) is 7.49. The molecule has 6 heteroatoms. The van der Waals surface area contributed by atoms with E-state index < -0.39 is 11.7 Å². The molecule has 2 aromatic rings. The lowest BCUT2D eigenvalue weighted by atomic mass is 10.3. The van der Waals surface area contributed by atoms with Gasteiger partial charge in [-0.2, -0.15) is 13.2 Å². The highest BCUT2D eigenvalue weighted by Gasteiger charge is 2.30. The fourth-order valence-corrected chi connectivity index (χ4v) is 1.29. The van der Waals surface area contributed by atoms with Crippen LogP contribution in [0.5, 0.6) is 0 Å². The zero-order valence-electron chi connectivity index (χ0n) is 7.49. The maximum Gasteiger partial charge on any atom is 0.417 e. The third-order valence-corrected chi connectivity index (χ3v) is 1.99. The summed E-state index contributed by atoms with van der Waals surface area (Å²) in [6.45, 7) is -0.289. The Morgan fingerprint density at radius 2 is 2.00 bits per heavy atom. The van der Waals surface area contributed by atoms with Gasteiger partial charge in [0.2, 0.25) is 0 Å². The minimum absolute atomic E-state index is 0.289. The SMILES string of the molecule is OCc1cn2cc(C(F)(F)F)ccc2n1. The second-order valence-corrected chi connectivity index (χ2v) is 3.07. The van der Waals surface area contributed by atoms with E-state index in [1.165, 1.54) is 16.7 Å². The van der Waals surface area contributed by atoms with Crippen LogP contribution in [0.15, 0.2) is 24.5 Å². The first-order valence-corrected chi connectivity index (χ1v) is 4.16. The molecule has 80 valence electrons. The largest absolute Gasteiger partial charge is 0.417 e. The summed E-state index contributed by atoms with van der Waals surface area (Å²) in [5, 5.41) is 8.77. The molecule has 15 heavy (non-hydrogen) atoms. The van der Waals surface area contributed by atoms with Crippen molar-refractivity contribution in [1.82, 2.24) is 9.38 Å². The Morgan fingerprint density at radius 1 is 1.27 bits per heavy atom. The molecule has 0 saturated carbocycles. The average molecular weight is 216 g/mol. The average Bonchev–Trinajstić information content (AvgIpc) is 2.57. The number of fused-ring (bicyclic) bond motifs is 1. The van der Waals surface area contributed by atoms with E-state index in [1.807, 2.05) is 0 Å². The zero-order chi connectivity index (χ0) is 11.1. The fraction of sp³-hybridized carbons (Fsp3) is 0.222. The van der Waals surface area contributed by atoms with Crippen LogP contribution < -0.4 is 0 Å². The lowest BCUT2D eigenvalue weighted by molar-refractivity contribution is -0.137. The van der Waals surface area contributed by atoms with Gasteiger partial charge < -0.3 is 9.51 Å². The number of pyridine rings is 1. The number of nitrogens with zero attached hydrogens (tertiary/aromatic N) is 2. The van der Waals surface area contributed by atoms with Gasteiger partial charge in [-0.25, -0.2) is 4.98 Å². The lowest BCUT2D eigenvalue weighted by Gasteiger charge is -2.05. The summed E-state index contributed by atoms with van der Waals surface area (Å²) < 4.78 is 38.2. The standard InChI is InChI=1S/C9H7F3N2O/c10-9(11,12)6-1-2-8-13-7(5-15)4-14(8)3-6/h1-4,15H,5H2. The molecule has 1 N–H and O–H groups in total. The summed E-state index contributed by atoms with van der Waals surface area (Å²) in [7, 11) is 0. The maximum absolute atomic E-state index is 12.3. The van der Waals surface area contributed by atoms with E-state index in [1.54, 1.807) is 0 Å². The number of alkyl halides is 3. The molecule has 2 rings (SSSR count). The quantitative estimate of drug-likeness (QED) is 0.789. The second-order valence-electron chi connectivity index (χ2n) is 3.07. The summed E-state index contributed by atoms with van der Waals surface area (Å²) >= 11 is 0. The smallest absolute Gasteiger partial charge is 0.390 e. The van der Waals surface area contributed by atoms with Crippen molar-refractivity contribution in [3.8, 4) is 0 Å². The molecule has 0 amide bonds. The van der Waals surface area contributed by atoms with Crippen LogP contribution in [0, 0.1) is 0 Å². The van der Waals surface area contributed by atoms with Crippen molar-refractivity contribution >= 4 is 5.65 Å². The van der Waals surface area contributed by atoms with Gasteiger partial charge in [0.1, 0.15) is 5.65 Å². The summed E-state index contributed by atoms with van der Waals surface area (Å²) in [5.41, 5.74) is -0.0155. The predicted octanol–water partition coefficient (Wildman–Crippen LogP) is 1.85. The van der Waals surface area contributed by atoms with Crippen LogP contribution in [0.3, 0.4) is 0 Å². The highest BCUT2D eigenvalue weighted by molar-refractivity contribution is 5.41. The van der Waals surface area contributed by atoms with Gasteiger partial charge >= 0.3 is 6.18 Å². The van der Waals surface area contributed by atoms with Gasteiger partial charge in [0.05, 0.1) is 17.9 Å². The van der Waals surface area contributed by atoms with Crippen LogP contribution in [0.25, 0.3) is 5.65 Å². The minimum atomic E-state index is -4.36. The maximum atomic E-state index is 12.3. The van der Waals surface area contributed by atoms with Crippen LogP contribution >= 0.6 is 0 Å². The van der Waals surface area contributed by atoms with Crippen LogP contribution in [-0.2, 0) is 12.8 Å². The Hall–Kier alpha value is -1.56. The van der Waals surface area contributed by atoms with E-state index >= 15 is 0 Å². The molecule has 0 bridgehead atoms. The molecule has 0 atom stereocenters. The second kappa shape index (κ2) is 3.23. The van der Waals surface area contributed by atoms with Crippen molar-refractivity contribution in [2.75, 3.05) is 0 Å². The molecule has 0 saturated heterocycles. The van der Waals surface area contributed by atoms with Gasteiger partial charge in [-0.15, -0.1) is 0 Å². The molecule has 3 nitrogen and oxygen atoms in total. The van der Waals surface area contributed by atoms with Gasteiger partial charge in [0.15, 0.2) is 0 Å². The topological polar surface area (TPSA) is 37.5 Å². The number of aliphatic hydroxyl groups excluding tert-OH is 1. The molecule has 0 fully saturated rings. The Bertz CT molecular complexity index is 490. The molecule has 2 heterocycles. The van der Waals surface area contributed by atoms with Crippen LogP contribution in [0.2, 0.25) is 0 Å². The van der Waals surface area contributed by atoms with Gasteiger partial charge in [0.25, 0.3) is 0 Å². The van der Waals surface area contributed by atoms with E-state index in [9.17, 15) is 13.2 Å². The summed E-state index contributed by atoms with van der Waals surface area (Å²) in [5.74, 6) is 0. The molecular formula is C9H7F3N2O. The molecule has 0 aliphatic rings. The van der Waals surface area contributed by atoms with Crippen molar-refractivity contribution < 1.29 is 18.3 Å². The van der Waals surface area contributed by atoms with Gasteiger partial charge in [-0.05, 0) is 12.1 Å². The third-order valence-electron chi connectivity index (χ3n) is 1.99. The molecule has 0 unspecified atom stereocenters. The monoisotopic (exact) mass is 216 g/mol. The first kappa shape index (κ1) is 9.97. The van der Waals surface area contributed by atoms with Crippen molar-refractivity contribution in [3.63, 3.8) is 0 Å². The molecule has 0 spiro atoms. The van der Waals surface area contributed by atoms with Crippen molar-refractivity contribution in [2.45, 2.75) is 12.8 Å². The first-order valence-electron chi connectivity index (χ1n) is 4.16. The van der Waals surface area contributed by atoms with E-state index in [2.05, 4.69) is 4.98 Å². The molecule has 0 aliphatic carbocycles. The highest BCUT2D eigenvalue weighted by atomic mass is 19.4. The number of aliphatic hydroxyl groups is 1. The summed E-state index contributed by atoms with van der Waals surface area (Å²) in [6, 6.07) is 2.23.